The molecule has 0 radical (unpaired) electrons. The predicted molar refractivity (Wildman–Crippen MR) is 81.7 cm³/mol. The van der Waals surface area contributed by atoms with Gasteiger partial charge in [-0.15, -0.1) is 0 Å². The molecule has 0 saturated carbocycles. The summed E-state index contributed by atoms with van der Waals surface area (Å²) >= 11 is 0. The molecule has 4 nitrogen and oxygen atoms in total. The number of aryl methyl sites for hydroxylation is 3. The summed E-state index contributed by atoms with van der Waals surface area (Å²) in [6.45, 7) is 8.33. The van der Waals surface area contributed by atoms with Gasteiger partial charge in [0.25, 0.3) is 0 Å². The maximum Gasteiger partial charge on any atom is 0.150 e. The lowest BCUT2D eigenvalue weighted by atomic mass is 9.96. The molecule has 0 bridgehead atoms. The van der Waals surface area contributed by atoms with Crippen LogP contribution in [0.4, 0.5) is 0 Å². The number of aromatic nitrogens is 3. The van der Waals surface area contributed by atoms with Gasteiger partial charge in [0.15, 0.2) is 5.82 Å². The summed E-state index contributed by atoms with van der Waals surface area (Å²) in [5, 5.41) is 4.66. The zero-order chi connectivity index (χ0) is 14.7. The topological polar surface area (TPSA) is 56.7 Å². The van der Waals surface area contributed by atoms with Gasteiger partial charge in [-0.25, -0.2) is 9.67 Å². The van der Waals surface area contributed by atoms with Crippen LogP contribution in [0, 0.1) is 6.92 Å². The predicted octanol–water partition coefficient (Wildman–Crippen LogP) is 2.65. The smallest absolute Gasteiger partial charge is 0.150 e. The Morgan fingerprint density at radius 2 is 1.90 bits per heavy atom. The Morgan fingerprint density at radius 1 is 1.20 bits per heavy atom. The van der Waals surface area contributed by atoms with E-state index in [1.54, 1.807) is 0 Å². The van der Waals surface area contributed by atoms with Crippen molar-refractivity contribution < 1.29 is 0 Å². The van der Waals surface area contributed by atoms with E-state index in [4.69, 9.17) is 5.73 Å². The molecule has 2 aromatic rings. The molecular weight excluding hydrogens is 248 g/mol. The van der Waals surface area contributed by atoms with Gasteiger partial charge >= 0.3 is 0 Å². The van der Waals surface area contributed by atoms with Crippen molar-refractivity contribution in [3.05, 3.63) is 47.0 Å². The van der Waals surface area contributed by atoms with Crippen LogP contribution in [0.15, 0.2) is 24.3 Å². The first-order valence-corrected chi connectivity index (χ1v) is 7.33. The molecule has 2 N–H and O–H groups in total. The summed E-state index contributed by atoms with van der Waals surface area (Å²) in [6, 6.07) is 8.38. The first kappa shape index (κ1) is 14.7. The van der Waals surface area contributed by atoms with Crippen LogP contribution in [0.5, 0.6) is 0 Å². The summed E-state index contributed by atoms with van der Waals surface area (Å²) < 4.78 is 2.02. The molecule has 1 aromatic heterocycles. The van der Waals surface area contributed by atoms with Crippen molar-refractivity contribution in [2.45, 2.75) is 52.6 Å². The van der Waals surface area contributed by atoms with E-state index < -0.39 is 0 Å². The van der Waals surface area contributed by atoms with Gasteiger partial charge < -0.3 is 5.73 Å². The molecule has 0 aliphatic carbocycles. The highest BCUT2D eigenvalue weighted by molar-refractivity contribution is 5.30. The molecule has 2 unspecified atom stereocenters. The normalized spacial score (nSPS) is 14.2. The van der Waals surface area contributed by atoms with Gasteiger partial charge in [0.1, 0.15) is 5.82 Å². The Morgan fingerprint density at radius 3 is 2.45 bits per heavy atom. The molecule has 2 rings (SSSR count). The molecule has 0 aliphatic rings. The third-order valence-electron chi connectivity index (χ3n) is 3.65. The van der Waals surface area contributed by atoms with E-state index in [-0.39, 0.29) is 12.1 Å². The quantitative estimate of drug-likeness (QED) is 0.910. The van der Waals surface area contributed by atoms with Crippen LogP contribution in [-0.2, 0) is 12.8 Å². The number of nitrogens with zero attached hydrogens (tertiary/aromatic N) is 3. The largest absolute Gasteiger partial charge is 0.326 e. The van der Waals surface area contributed by atoms with Crippen molar-refractivity contribution in [3.63, 3.8) is 0 Å². The number of nitrogens with two attached hydrogens (primary N) is 1. The fraction of sp³-hybridized carbons (Fsp3) is 0.500. The highest BCUT2D eigenvalue weighted by atomic mass is 15.4. The first-order valence-electron chi connectivity index (χ1n) is 7.33. The highest BCUT2D eigenvalue weighted by Crippen LogP contribution is 2.25. The highest BCUT2D eigenvalue weighted by Gasteiger charge is 2.24. The minimum atomic E-state index is -0.0205. The SMILES string of the molecule is CCc1nc(CC)n(C(c2ccccc2C)C(C)N)n1. The van der Waals surface area contributed by atoms with Crippen LogP contribution >= 0.6 is 0 Å². The molecule has 1 heterocycles. The van der Waals surface area contributed by atoms with E-state index >= 15 is 0 Å². The summed E-state index contributed by atoms with van der Waals surface area (Å²) in [6.07, 6.45) is 1.71. The number of hydrogen-bond donors (Lipinski definition) is 1. The molecule has 0 saturated heterocycles. The molecule has 0 aliphatic heterocycles. The number of hydrogen-bond acceptors (Lipinski definition) is 3. The Kier molecular flexibility index (Phi) is 4.55. The third kappa shape index (κ3) is 2.75. The van der Waals surface area contributed by atoms with Gasteiger partial charge in [-0.3, -0.25) is 0 Å². The summed E-state index contributed by atoms with van der Waals surface area (Å²) in [5.41, 5.74) is 8.72. The van der Waals surface area contributed by atoms with Gasteiger partial charge in [-0.2, -0.15) is 5.10 Å². The number of benzene rings is 1. The van der Waals surface area contributed by atoms with Gasteiger partial charge in [-0.05, 0) is 25.0 Å². The van der Waals surface area contributed by atoms with Gasteiger partial charge in [0.05, 0.1) is 6.04 Å². The van der Waals surface area contributed by atoms with Crippen LogP contribution in [-0.4, -0.2) is 20.8 Å². The maximum atomic E-state index is 6.26. The van der Waals surface area contributed by atoms with Crippen molar-refractivity contribution in [3.8, 4) is 0 Å². The van der Waals surface area contributed by atoms with E-state index in [0.29, 0.717) is 0 Å². The Balaban J connectivity index is 2.54. The lowest BCUT2D eigenvalue weighted by Gasteiger charge is -2.24. The van der Waals surface area contributed by atoms with Gasteiger partial charge in [0.2, 0.25) is 0 Å². The van der Waals surface area contributed by atoms with Gasteiger partial charge in [0, 0.05) is 18.9 Å². The molecule has 0 amide bonds. The fourth-order valence-electron chi connectivity index (χ4n) is 2.57. The van der Waals surface area contributed by atoms with E-state index in [9.17, 15) is 0 Å². The minimum Gasteiger partial charge on any atom is -0.326 e. The van der Waals surface area contributed by atoms with Crippen molar-refractivity contribution in [2.24, 2.45) is 5.73 Å². The van der Waals surface area contributed by atoms with Crippen LogP contribution in [0.2, 0.25) is 0 Å². The third-order valence-corrected chi connectivity index (χ3v) is 3.65. The second-order valence-electron chi connectivity index (χ2n) is 5.26. The van der Waals surface area contributed by atoms with Crippen LogP contribution in [0.1, 0.15) is 49.6 Å². The molecule has 0 fully saturated rings. The van der Waals surface area contributed by atoms with E-state index in [2.05, 4.69) is 55.1 Å². The zero-order valence-electron chi connectivity index (χ0n) is 12.8. The Hall–Kier alpha value is -1.68. The molecule has 2 atom stereocenters. The van der Waals surface area contributed by atoms with Crippen LogP contribution < -0.4 is 5.73 Å². The molecule has 20 heavy (non-hydrogen) atoms. The van der Waals surface area contributed by atoms with E-state index in [1.165, 1.54) is 11.1 Å². The second kappa shape index (κ2) is 6.18. The van der Waals surface area contributed by atoms with E-state index in [1.807, 2.05) is 11.6 Å². The lowest BCUT2D eigenvalue weighted by molar-refractivity contribution is 0.435. The Bertz CT molecular complexity index is 572. The van der Waals surface area contributed by atoms with Gasteiger partial charge in [-0.1, -0.05) is 38.1 Å². The van der Waals surface area contributed by atoms with Crippen molar-refractivity contribution >= 4 is 0 Å². The monoisotopic (exact) mass is 272 g/mol. The lowest BCUT2D eigenvalue weighted by Crippen LogP contribution is -2.32. The fourth-order valence-corrected chi connectivity index (χ4v) is 2.57. The zero-order valence-corrected chi connectivity index (χ0v) is 12.8. The first-order chi connectivity index (χ1) is 9.58. The van der Waals surface area contributed by atoms with Crippen molar-refractivity contribution in [1.29, 1.82) is 0 Å². The maximum absolute atomic E-state index is 6.26. The Labute approximate surface area is 121 Å². The molecule has 1 aromatic carbocycles. The standard InChI is InChI=1S/C16H24N4/c1-5-14-18-15(6-2)20(19-14)16(12(4)17)13-10-8-7-9-11(13)3/h7-10,12,16H,5-6,17H2,1-4H3. The molecule has 4 heteroatoms. The number of rotatable bonds is 5. The molecular formula is C16H24N4. The van der Waals surface area contributed by atoms with Crippen LogP contribution in [0.25, 0.3) is 0 Å². The summed E-state index contributed by atoms with van der Waals surface area (Å²) in [7, 11) is 0. The average molecular weight is 272 g/mol. The van der Waals surface area contributed by atoms with Crippen molar-refractivity contribution in [2.75, 3.05) is 0 Å². The van der Waals surface area contributed by atoms with Crippen molar-refractivity contribution in [1.82, 2.24) is 14.8 Å². The average Bonchev–Trinajstić information content (AvgIpc) is 2.84. The molecule has 0 spiro atoms. The van der Waals surface area contributed by atoms with Crippen LogP contribution in [0.3, 0.4) is 0 Å². The van der Waals surface area contributed by atoms with E-state index in [0.717, 1.165) is 24.5 Å². The molecule has 108 valence electrons. The summed E-state index contributed by atoms with van der Waals surface area (Å²) in [5.74, 6) is 1.90. The minimum absolute atomic E-state index is 0.0205. The summed E-state index contributed by atoms with van der Waals surface area (Å²) in [4.78, 5) is 4.60. The second-order valence-corrected chi connectivity index (χ2v) is 5.26.